The standard InChI is InChI=1S/C27H22ClF2N9O4/c1-43-20-11-38(22(40)10-17(20)16-9-14(28)4-6-18(16)39-12-31-36-37-39)19(8-13-2-3-13)26-34-23(25(30)35-26)15-5-7-21(32-24(15)29)33-27(41)42/h4-7,9-13,19H,2-3,8H2,1H3,(H,32,33)(H,34,35)(H,41,42). The number of amides is 1. The number of H-pyrrole nitrogens is 1. The highest BCUT2D eigenvalue weighted by molar-refractivity contribution is 6.31. The number of tetrazole rings is 1. The molecule has 6 rings (SSSR count). The number of imidazole rings is 1. The van der Waals surface area contributed by atoms with Crippen molar-refractivity contribution < 1.29 is 23.4 Å². The lowest BCUT2D eigenvalue weighted by molar-refractivity contribution is 0.209. The van der Waals surface area contributed by atoms with Gasteiger partial charge in [0.25, 0.3) is 5.56 Å². The minimum Gasteiger partial charge on any atom is -0.495 e. The van der Waals surface area contributed by atoms with Crippen molar-refractivity contribution in [1.29, 1.82) is 0 Å². The highest BCUT2D eigenvalue weighted by Crippen LogP contribution is 2.41. The van der Waals surface area contributed by atoms with Gasteiger partial charge in [-0.15, -0.1) is 5.10 Å². The molecule has 43 heavy (non-hydrogen) atoms. The summed E-state index contributed by atoms with van der Waals surface area (Å²) in [5.74, 6) is -1.68. The molecule has 0 aliphatic heterocycles. The van der Waals surface area contributed by atoms with E-state index in [0.29, 0.717) is 34.0 Å². The lowest BCUT2D eigenvalue weighted by atomic mass is 10.0. The first-order chi connectivity index (χ1) is 20.7. The Morgan fingerprint density at radius 1 is 1.16 bits per heavy atom. The second kappa shape index (κ2) is 11.2. The van der Waals surface area contributed by atoms with E-state index in [4.69, 9.17) is 21.4 Å². The van der Waals surface area contributed by atoms with E-state index in [1.807, 2.05) is 5.32 Å². The van der Waals surface area contributed by atoms with E-state index in [0.717, 1.165) is 12.8 Å². The topological polar surface area (TPSA) is 166 Å². The maximum Gasteiger partial charge on any atom is 0.410 e. The number of halogens is 3. The molecule has 1 aromatic carbocycles. The van der Waals surface area contributed by atoms with Crippen LogP contribution < -0.4 is 15.6 Å². The Bertz CT molecular complexity index is 1890. The number of nitrogens with one attached hydrogen (secondary N) is 2. The molecule has 16 heteroatoms. The molecule has 1 atom stereocenters. The fraction of sp³-hybridized carbons (Fsp3) is 0.222. The van der Waals surface area contributed by atoms with Crippen LogP contribution in [0.5, 0.6) is 5.75 Å². The lowest BCUT2D eigenvalue weighted by Gasteiger charge is -2.21. The maximum absolute atomic E-state index is 15.2. The van der Waals surface area contributed by atoms with E-state index in [9.17, 15) is 14.0 Å². The van der Waals surface area contributed by atoms with E-state index in [1.165, 1.54) is 47.1 Å². The number of pyridine rings is 2. The summed E-state index contributed by atoms with van der Waals surface area (Å²) in [4.78, 5) is 34.9. The summed E-state index contributed by atoms with van der Waals surface area (Å²) < 4.78 is 38.5. The SMILES string of the molecule is COc1cn(C(CC2CC2)c2nc(F)c(-c3ccc(NC(=O)O)nc3F)[nH]2)c(=O)cc1-c1cc(Cl)ccc1-n1cnnn1. The van der Waals surface area contributed by atoms with Crippen molar-refractivity contribution in [1.82, 2.24) is 39.7 Å². The van der Waals surface area contributed by atoms with Crippen LogP contribution in [0.2, 0.25) is 5.02 Å². The number of ether oxygens (including phenoxy) is 1. The Hall–Kier alpha value is -5.18. The Morgan fingerprint density at radius 3 is 2.65 bits per heavy atom. The number of hydrogen-bond acceptors (Lipinski definition) is 8. The predicted molar refractivity (Wildman–Crippen MR) is 149 cm³/mol. The number of nitrogens with zero attached hydrogens (tertiary/aromatic N) is 7. The molecule has 13 nitrogen and oxygen atoms in total. The molecule has 1 fully saturated rings. The molecule has 0 bridgehead atoms. The average molecular weight is 610 g/mol. The zero-order valence-electron chi connectivity index (χ0n) is 22.3. The smallest absolute Gasteiger partial charge is 0.410 e. The van der Waals surface area contributed by atoms with E-state index in [-0.39, 0.29) is 28.8 Å². The largest absolute Gasteiger partial charge is 0.495 e. The minimum absolute atomic E-state index is 0.0978. The van der Waals surface area contributed by atoms with Crippen LogP contribution in [-0.4, -0.2) is 58.0 Å². The molecule has 1 amide bonds. The number of carbonyl (C=O) groups is 1. The third-order valence-corrected chi connectivity index (χ3v) is 7.28. The molecule has 0 radical (unpaired) electrons. The molecule has 1 unspecified atom stereocenters. The zero-order valence-corrected chi connectivity index (χ0v) is 23.1. The first kappa shape index (κ1) is 28.0. The van der Waals surface area contributed by atoms with Gasteiger partial charge in [0.1, 0.15) is 29.4 Å². The maximum atomic E-state index is 15.2. The summed E-state index contributed by atoms with van der Waals surface area (Å²) in [7, 11) is 1.45. The molecular weight excluding hydrogens is 588 g/mol. The van der Waals surface area contributed by atoms with Gasteiger partial charge in [0, 0.05) is 22.2 Å². The van der Waals surface area contributed by atoms with Crippen molar-refractivity contribution in [3.05, 3.63) is 82.0 Å². The van der Waals surface area contributed by atoms with Crippen molar-refractivity contribution in [2.75, 3.05) is 12.4 Å². The van der Waals surface area contributed by atoms with Crippen LogP contribution in [0, 0.1) is 17.8 Å². The van der Waals surface area contributed by atoms with Gasteiger partial charge in [0.05, 0.1) is 30.6 Å². The van der Waals surface area contributed by atoms with Crippen molar-refractivity contribution in [3.63, 3.8) is 0 Å². The third-order valence-electron chi connectivity index (χ3n) is 7.04. The summed E-state index contributed by atoms with van der Waals surface area (Å²) in [6.07, 6.45) is 3.83. The van der Waals surface area contributed by atoms with Crippen molar-refractivity contribution in [2.45, 2.75) is 25.3 Å². The van der Waals surface area contributed by atoms with Gasteiger partial charge in [0.2, 0.25) is 11.9 Å². The van der Waals surface area contributed by atoms with Gasteiger partial charge in [-0.1, -0.05) is 24.4 Å². The number of aromatic nitrogens is 8. The monoisotopic (exact) mass is 609 g/mol. The van der Waals surface area contributed by atoms with Gasteiger partial charge in [-0.05, 0) is 53.1 Å². The van der Waals surface area contributed by atoms with Crippen LogP contribution in [0.25, 0.3) is 28.1 Å². The number of methoxy groups -OCH3 is 1. The van der Waals surface area contributed by atoms with E-state index < -0.39 is 29.6 Å². The number of benzene rings is 1. The number of rotatable bonds is 9. The first-order valence-electron chi connectivity index (χ1n) is 13.0. The Morgan fingerprint density at radius 2 is 1.98 bits per heavy atom. The van der Waals surface area contributed by atoms with Crippen molar-refractivity contribution in [3.8, 4) is 33.8 Å². The Balaban J connectivity index is 1.43. The van der Waals surface area contributed by atoms with Crippen LogP contribution >= 0.6 is 11.6 Å². The summed E-state index contributed by atoms with van der Waals surface area (Å²) in [5.41, 5.74) is 0.543. The highest BCUT2D eigenvalue weighted by Gasteiger charge is 2.32. The second-order valence-electron chi connectivity index (χ2n) is 9.86. The molecule has 0 spiro atoms. The Labute approximate surface area is 246 Å². The summed E-state index contributed by atoms with van der Waals surface area (Å²) in [6.45, 7) is 0. The van der Waals surface area contributed by atoms with Gasteiger partial charge in [0.15, 0.2) is 0 Å². The molecule has 4 aromatic heterocycles. The molecule has 5 aromatic rings. The molecule has 1 aliphatic rings. The molecule has 4 heterocycles. The van der Waals surface area contributed by atoms with Crippen LogP contribution in [0.1, 0.15) is 31.1 Å². The molecular formula is C27H22ClF2N9O4. The molecule has 0 saturated heterocycles. The fourth-order valence-corrected chi connectivity index (χ4v) is 5.04. The quantitative estimate of drug-likeness (QED) is 0.201. The van der Waals surface area contributed by atoms with Crippen molar-refractivity contribution in [2.24, 2.45) is 5.92 Å². The molecule has 220 valence electrons. The van der Waals surface area contributed by atoms with E-state index >= 15 is 4.39 Å². The lowest BCUT2D eigenvalue weighted by Crippen LogP contribution is -2.26. The summed E-state index contributed by atoms with van der Waals surface area (Å²) >= 11 is 6.31. The second-order valence-corrected chi connectivity index (χ2v) is 10.3. The predicted octanol–water partition coefficient (Wildman–Crippen LogP) is 4.70. The number of carboxylic acid groups (broad SMARTS) is 1. The molecule has 3 N–H and O–H groups in total. The van der Waals surface area contributed by atoms with E-state index in [2.05, 4.69) is 30.5 Å². The normalized spacial score (nSPS) is 13.6. The number of aromatic amines is 1. The summed E-state index contributed by atoms with van der Waals surface area (Å²) in [6, 6.07) is 8.06. The first-order valence-corrected chi connectivity index (χ1v) is 13.3. The Kier molecular flexibility index (Phi) is 7.31. The van der Waals surface area contributed by atoms with Gasteiger partial charge < -0.3 is 19.4 Å². The third kappa shape index (κ3) is 5.66. The molecule has 1 aliphatic carbocycles. The minimum atomic E-state index is -1.42. The van der Waals surface area contributed by atoms with Crippen LogP contribution in [-0.2, 0) is 0 Å². The van der Waals surface area contributed by atoms with Gasteiger partial charge in [-0.25, -0.2) is 14.8 Å². The summed E-state index contributed by atoms with van der Waals surface area (Å²) in [5, 5.41) is 22.5. The van der Waals surface area contributed by atoms with E-state index in [1.54, 1.807) is 18.2 Å². The zero-order chi connectivity index (χ0) is 30.2. The number of anilines is 1. The van der Waals surface area contributed by atoms with Gasteiger partial charge >= 0.3 is 6.09 Å². The van der Waals surface area contributed by atoms with Crippen LogP contribution in [0.15, 0.2) is 53.7 Å². The average Bonchev–Trinajstić information content (AvgIpc) is 3.46. The van der Waals surface area contributed by atoms with Gasteiger partial charge in [-0.3, -0.25) is 10.1 Å². The van der Waals surface area contributed by atoms with Crippen LogP contribution in [0.4, 0.5) is 19.4 Å². The molecule has 1 saturated carbocycles. The number of hydrogen-bond donors (Lipinski definition) is 3. The highest BCUT2D eigenvalue weighted by atomic mass is 35.5. The van der Waals surface area contributed by atoms with Crippen LogP contribution in [0.3, 0.4) is 0 Å². The fourth-order valence-electron chi connectivity index (χ4n) is 4.87. The van der Waals surface area contributed by atoms with Gasteiger partial charge in [-0.2, -0.15) is 13.5 Å². The van der Waals surface area contributed by atoms with Crippen molar-refractivity contribution >= 4 is 23.5 Å².